The second-order valence-corrected chi connectivity index (χ2v) is 7.42. The van der Waals surface area contributed by atoms with Crippen molar-refractivity contribution in [2.45, 2.75) is 111 Å². The number of unbranched alkanes of at least 4 members (excludes halogenated alkanes) is 9. The lowest BCUT2D eigenvalue weighted by molar-refractivity contribution is -0.929. The number of halogens is 1. The Hall–Kier alpha value is 0.440. The van der Waals surface area contributed by atoms with E-state index in [1.165, 1.54) is 114 Å². The SMILES string of the molecule is CCCCCCCCC[N+](CCCC)(CCCC)CCCC.[Br-]. The summed E-state index contributed by atoms with van der Waals surface area (Å²) < 4.78 is 1.44. The van der Waals surface area contributed by atoms with Crippen molar-refractivity contribution >= 4 is 0 Å². The average Bonchev–Trinajstić information content (AvgIpc) is 2.55. The Balaban J connectivity index is 0. The normalized spacial score (nSPS) is 11.5. The first-order valence-electron chi connectivity index (χ1n) is 10.6. The molecule has 0 aliphatic carbocycles. The van der Waals surface area contributed by atoms with E-state index in [0.29, 0.717) is 0 Å². The molecule has 0 radical (unpaired) electrons. The summed E-state index contributed by atoms with van der Waals surface area (Å²) >= 11 is 0. The van der Waals surface area contributed by atoms with E-state index in [1.807, 2.05) is 0 Å². The molecule has 0 aromatic rings. The van der Waals surface area contributed by atoms with Crippen LogP contribution in [0.3, 0.4) is 0 Å². The van der Waals surface area contributed by atoms with Crippen LogP contribution in [0.1, 0.15) is 111 Å². The van der Waals surface area contributed by atoms with Crippen molar-refractivity contribution in [1.29, 1.82) is 0 Å². The molecule has 0 fully saturated rings. The molecular formula is C21H46BrN. The fourth-order valence-corrected chi connectivity index (χ4v) is 3.56. The third-order valence-electron chi connectivity index (χ3n) is 5.19. The molecule has 0 heterocycles. The quantitative estimate of drug-likeness (QED) is 0.260. The molecule has 0 saturated heterocycles. The summed E-state index contributed by atoms with van der Waals surface area (Å²) in [6.07, 6.45) is 18.4. The van der Waals surface area contributed by atoms with Crippen molar-refractivity contribution in [1.82, 2.24) is 0 Å². The van der Waals surface area contributed by atoms with E-state index < -0.39 is 0 Å². The smallest absolute Gasteiger partial charge is 0.0786 e. The fourth-order valence-electron chi connectivity index (χ4n) is 3.56. The molecule has 142 valence electrons. The van der Waals surface area contributed by atoms with Crippen LogP contribution in [0.25, 0.3) is 0 Å². The Morgan fingerprint density at radius 1 is 0.391 bits per heavy atom. The van der Waals surface area contributed by atoms with E-state index >= 15 is 0 Å². The summed E-state index contributed by atoms with van der Waals surface area (Å²) in [5.41, 5.74) is 0. The molecule has 0 rings (SSSR count). The van der Waals surface area contributed by atoms with Crippen molar-refractivity contribution in [3.63, 3.8) is 0 Å². The Morgan fingerprint density at radius 2 is 0.696 bits per heavy atom. The predicted octanol–water partition coefficient (Wildman–Crippen LogP) is 3.96. The standard InChI is InChI=1S/C21H46N.BrH/c1-5-9-13-14-15-16-17-21-22(18-10-6-2,19-11-7-3)20-12-8-4;/h5-21H2,1-4H3;1H/q+1;/p-1. The lowest BCUT2D eigenvalue weighted by Crippen LogP contribution is -3.00. The third-order valence-corrected chi connectivity index (χ3v) is 5.19. The van der Waals surface area contributed by atoms with E-state index in [-0.39, 0.29) is 17.0 Å². The van der Waals surface area contributed by atoms with Gasteiger partial charge in [0, 0.05) is 0 Å². The number of nitrogens with zero attached hydrogens (tertiary/aromatic N) is 1. The summed E-state index contributed by atoms with van der Waals surface area (Å²) in [5, 5.41) is 0. The van der Waals surface area contributed by atoms with Gasteiger partial charge in [0.25, 0.3) is 0 Å². The molecule has 0 atom stereocenters. The minimum absolute atomic E-state index is 0. The third kappa shape index (κ3) is 14.5. The minimum Gasteiger partial charge on any atom is -1.00 e. The first-order chi connectivity index (χ1) is 10.7. The largest absolute Gasteiger partial charge is 1.00 e. The highest BCUT2D eigenvalue weighted by Crippen LogP contribution is 2.17. The van der Waals surface area contributed by atoms with Gasteiger partial charge in [-0.25, -0.2) is 0 Å². The molecule has 0 aliphatic rings. The Kier molecular flexibility index (Phi) is 21.0. The molecular weight excluding hydrogens is 346 g/mol. The zero-order chi connectivity index (χ0) is 16.5. The van der Waals surface area contributed by atoms with Gasteiger partial charge in [-0.2, -0.15) is 0 Å². The maximum Gasteiger partial charge on any atom is 0.0786 e. The van der Waals surface area contributed by atoms with Crippen LogP contribution in [-0.4, -0.2) is 30.7 Å². The van der Waals surface area contributed by atoms with Crippen LogP contribution in [0.5, 0.6) is 0 Å². The molecule has 0 aromatic heterocycles. The van der Waals surface area contributed by atoms with Crippen molar-refractivity contribution < 1.29 is 21.5 Å². The molecule has 0 N–H and O–H groups in total. The zero-order valence-electron chi connectivity index (χ0n) is 16.8. The maximum atomic E-state index is 2.35. The van der Waals surface area contributed by atoms with Crippen LogP contribution in [0.2, 0.25) is 0 Å². The van der Waals surface area contributed by atoms with Crippen LogP contribution < -0.4 is 17.0 Å². The molecule has 0 unspecified atom stereocenters. The van der Waals surface area contributed by atoms with Crippen LogP contribution in [-0.2, 0) is 0 Å². The number of rotatable bonds is 17. The van der Waals surface area contributed by atoms with Crippen molar-refractivity contribution in [2.75, 3.05) is 26.2 Å². The van der Waals surface area contributed by atoms with Crippen LogP contribution >= 0.6 is 0 Å². The van der Waals surface area contributed by atoms with E-state index in [2.05, 4.69) is 27.7 Å². The highest BCUT2D eigenvalue weighted by atomic mass is 79.9. The molecule has 1 nitrogen and oxygen atoms in total. The van der Waals surface area contributed by atoms with Gasteiger partial charge < -0.3 is 21.5 Å². The van der Waals surface area contributed by atoms with E-state index in [1.54, 1.807) is 0 Å². The first kappa shape index (κ1) is 25.7. The summed E-state index contributed by atoms with van der Waals surface area (Å²) in [7, 11) is 0. The molecule has 2 heteroatoms. The molecule has 23 heavy (non-hydrogen) atoms. The molecule has 0 aliphatic heterocycles. The molecule has 0 spiro atoms. The summed E-state index contributed by atoms with van der Waals surface area (Å²) in [4.78, 5) is 0. The number of hydrogen-bond acceptors (Lipinski definition) is 0. The topological polar surface area (TPSA) is 0 Å². The number of hydrogen-bond donors (Lipinski definition) is 0. The zero-order valence-corrected chi connectivity index (χ0v) is 18.4. The van der Waals surface area contributed by atoms with Gasteiger partial charge >= 0.3 is 0 Å². The van der Waals surface area contributed by atoms with Crippen molar-refractivity contribution in [3.8, 4) is 0 Å². The van der Waals surface area contributed by atoms with Gasteiger partial charge in [0.15, 0.2) is 0 Å². The first-order valence-corrected chi connectivity index (χ1v) is 10.6. The predicted molar refractivity (Wildman–Crippen MR) is 102 cm³/mol. The second kappa shape index (κ2) is 18.8. The summed E-state index contributed by atoms with van der Waals surface area (Å²) in [6, 6.07) is 0. The van der Waals surface area contributed by atoms with Crippen LogP contribution in [0.15, 0.2) is 0 Å². The highest BCUT2D eigenvalue weighted by molar-refractivity contribution is 4.51. The maximum absolute atomic E-state index is 2.35. The van der Waals surface area contributed by atoms with E-state index in [9.17, 15) is 0 Å². The van der Waals surface area contributed by atoms with Gasteiger partial charge in [-0.1, -0.05) is 79.1 Å². The van der Waals surface area contributed by atoms with E-state index in [0.717, 1.165) is 0 Å². The lowest BCUT2D eigenvalue weighted by Gasteiger charge is -2.39. The summed E-state index contributed by atoms with van der Waals surface area (Å²) in [6.45, 7) is 15.1. The summed E-state index contributed by atoms with van der Waals surface area (Å²) in [5.74, 6) is 0. The number of quaternary nitrogens is 1. The lowest BCUT2D eigenvalue weighted by atomic mass is 10.1. The van der Waals surface area contributed by atoms with Crippen LogP contribution in [0.4, 0.5) is 0 Å². The van der Waals surface area contributed by atoms with Gasteiger partial charge in [-0.05, 0) is 32.1 Å². The van der Waals surface area contributed by atoms with Crippen LogP contribution in [0, 0.1) is 0 Å². The molecule has 0 saturated carbocycles. The molecule has 0 bridgehead atoms. The Bertz CT molecular complexity index is 196. The minimum atomic E-state index is 0. The molecule has 0 aromatic carbocycles. The van der Waals surface area contributed by atoms with Gasteiger partial charge in [0.2, 0.25) is 0 Å². The van der Waals surface area contributed by atoms with Gasteiger partial charge in [0.05, 0.1) is 26.2 Å². The van der Waals surface area contributed by atoms with Gasteiger partial charge in [-0.15, -0.1) is 0 Å². The average molecular weight is 393 g/mol. The fraction of sp³-hybridized carbons (Fsp3) is 1.00. The van der Waals surface area contributed by atoms with E-state index in [4.69, 9.17) is 0 Å². The Labute approximate surface area is 159 Å². The molecule has 0 amide bonds. The highest BCUT2D eigenvalue weighted by Gasteiger charge is 2.24. The second-order valence-electron chi connectivity index (χ2n) is 7.42. The monoisotopic (exact) mass is 391 g/mol. The van der Waals surface area contributed by atoms with Gasteiger partial charge in [-0.3, -0.25) is 0 Å². The van der Waals surface area contributed by atoms with Gasteiger partial charge in [0.1, 0.15) is 0 Å². The Morgan fingerprint density at radius 3 is 1.09 bits per heavy atom. The van der Waals surface area contributed by atoms with Crippen molar-refractivity contribution in [2.24, 2.45) is 0 Å². The van der Waals surface area contributed by atoms with Crippen molar-refractivity contribution in [3.05, 3.63) is 0 Å².